The van der Waals surface area contributed by atoms with Crippen molar-refractivity contribution in [3.05, 3.63) is 74.7 Å². The molecule has 0 amide bonds. The smallest absolute Gasteiger partial charge is 0.331 e. The van der Waals surface area contributed by atoms with Gasteiger partial charge in [0.25, 0.3) is 11.2 Å². The number of benzene rings is 1. The summed E-state index contributed by atoms with van der Waals surface area (Å²) in [6.45, 7) is 0. The highest BCUT2D eigenvalue weighted by Crippen LogP contribution is 2.19. The van der Waals surface area contributed by atoms with Crippen LogP contribution < -0.4 is 5.56 Å². The summed E-state index contributed by atoms with van der Waals surface area (Å²) in [6.07, 6.45) is 0.939. The largest absolute Gasteiger partial charge is 0.479 e. The van der Waals surface area contributed by atoms with Crippen molar-refractivity contribution >= 4 is 11.7 Å². The van der Waals surface area contributed by atoms with Crippen LogP contribution in [0.5, 0.6) is 0 Å². The summed E-state index contributed by atoms with van der Waals surface area (Å²) in [5, 5.41) is 20.0. The van der Waals surface area contributed by atoms with E-state index in [0.717, 1.165) is 22.9 Å². The molecule has 2 aromatic rings. The molecule has 1 N–H and O–H groups in total. The summed E-state index contributed by atoms with van der Waals surface area (Å²) >= 11 is 0. The zero-order valence-electron chi connectivity index (χ0n) is 10.2. The molecule has 0 radical (unpaired) electrons. The minimum absolute atomic E-state index is 0.341. The summed E-state index contributed by atoms with van der Waals surface area (Å²) in [5.41, 5.74) is -0.596. The maximum Gasteiger partial charge on any atom is 0.331 e. The van der Waals surface area contributed by atoms with Crippen molar-refractivity contribution in [1.82, 2.24) is 4.57 Å². The molecule has 20 heavy (non-hydrogen) atoms. The van der Waals surface area contributed by atoms with Crippen molar-refractivity contribution in [3.8, 4) is 0 Å². The van der Waals surface area contributed by atoms with Gasteiger partial charge in [-0.2, -0.15) is 0 Å². The SMILES string of the molecule is O=C(O)C(c1ccccc1)n1cc([N+](=O)[O-])ccc1=O. The van der Waals surface area contributed by atoms with Crippen LogP contribution in [0, 0.1) is 10.1 Å². The third kappa shape index (κ3) is 2.56. The molecular weight excluding hydrogens is 264 g/mol. The zero-order valence-corrected chi connectivity index (χ0v) is 10.2. The molecule has 1 heterocycles. The molecule has 0 saturated heterocycles. The lowest BCUT2D eigenvalue weighted by Crippen LogP contribution is -2.30. The van der Waals surface area contributed by atoms with Crippen LogP contribution in [0.15, 0.2) is 53.5 Å². The van der Waals surface area contributed by atoms with Crippen molar-refractivity contribution < 1.29 is 14.8 Å². The molecule has 0 spiro atoms. The second-order valence-corrected chi connectivity index (χ2v) is 4.04. The molecule has 7 nitrogen and oxygen atoms in total. The van der Waals surface area contributed by atoms with Gasteiger partial charge in [-0.05, 0) is 5.56 Å². The molecule has 1 aromatic carbocycles. The lowest BCUT2D eigenvalue weighted by Gasteiger charge is -2.15. The second kappa shape index (κ2) is 5.35. The maximum atomic E-state index is 11.8. The van der Waals surface area contributed by atoms with Crippen LogP contribution in [0.4, 0.5) is 5.69 Å². The topological polar surface area (TPSA) is 102 Å². The van der Waals surface area contributed by atoms with Crippen LogP contribution >= 0.6 is 0 Å². The van der Waals surface area contributed by atoms with E-state index in [1.54, 1.807) is 30.3 Å². The third-order valence-electron chi connectivity index (χ3n) is 2.76. The Hall–Kier alpha value is -2.96. The number of pyridine rings is 1. The number of hydrogen-bond donors (Lipinski definition) is 1. The summed E-state index contributed by atoms with van der Waals surface area (Å²) in [5.74, 6) is -1.27. The van der Waals surface area contributed by atoms with Crippen LogP contribution in [0.3, 0.4) is 0 Å². The predicted octanol–water partition coefficient (Wildman–Crippen LogP) is 1.43. The molecule has 0 aliphatic carbocycles. The molecule has 1 aromatic heterocycles. The molecule has 1 atom stereocenters. The van der Waals surface area contributed by atoms with Gasteiger partial charge in [-0.25, -0.2) is 4.79 Å². The molecule has 0 fully saturated rings. The van der Waals surface area contributed by atoms with Crippen LogP contribution in [0.25, 0.3) is 0 Å². The Balaban J connectivity index is 2.61. The fraction of sp³-hybridized carbons (Fsp3) is 0.0769. The minimum Gasteiger partial charge on any atom is -0.479 e. The first-order valence-corrected chi connectivity index (χ1v) is 5.65. The van der Waals surface area contributed by atoms with Crippen LogP contribution in [-0.2, 0) is 4.79 Å². The van der Waals surface area contributed by atoms with E-state index in [2.05, 4.69) is 0 Å². The van der Waals surface area contributed by atoms with E-state index in [1.807, 2.05) is 0 Å². The van der Waals surface area contributed by atoms with Gasteiger partial charge in [0.15, 0.2) is 6.04 Å². The zero-order chi connectivity index (χ0) is 14.7. The number of aromatic nitrogens is 1. The van der Waals surface area contributed by atoms with Crippen LogP contribution in [0.2, 0.25) is 0 Å². The summed E-state index contributed by atoms with van der Waals surface area (Å²) in [6, 6.07) is 8.79. The Labute approximate surface area is 112 Å². The summed E-state index contributed by atoms with van der Waals surface area (Å²) < 4.78 is 0.843. The second-order valence-electron chi connectivity index (χ2n) is 4.04. The lowest BCUT2D eigenvalue weighted by atomic mass is 10.1. The van der Waals surface area contributed by atoms with E-state index < -0.39 is 22.5 Å². The lowest BCUT2D eigenvalue weighted by molar-refractivity contribution is -0.385. The van der Waals surface area contributed by atoms with Gasteiger partial charge in [-0.15, -0.1) is 0 Å². The first-order chi connectivity index (χ1) is 9.50. The number of carboxylic acids is 1. The fourth-order valence-corrected chi connectivity index (χ4v) is 1.86. The standard InChI is InChI=1S/C13H10N2O5/c16-11-7-6-10(15(19)20)8-14(11)12(13(17)18)9-4-2-1-3-5-9/h1-8,12H,(H,17,18). The number of rotatable bonds is 4. The predicted molar refractivity (Wildman–Crippen MR) is 69.6 cm³/mol. The Kier molecular flexibility index (Phi) is 3.60. The van der Waals surface area contributed by atoms with Crippen molar-refractivity contribution in [1.29, 1.82) is 0 Å². The van der Waals surface area contributed by atoms with Gasteiger partial charge >= 0.3 is 5.97 Å². The first kappa shape index (κ1) is 13.5. The van der Waals surface area contributed by atoms with Gasteiger partial charge in [0.05, 0.1) is 11.1 Å². The fourth-order valence-electron chi connectivity index (χ4n) is 1.86. The number of carboxylic acid groups (broad SMARTS) is 1. The highest BCUT2D eigenvalue weighted by Gasteiger charge is 2.24. The van der Waals surface area contributed by atoms with Crippen LogP contribution in [0.1, 0.15) is 11.6 Å². The van der Waals surface area contributed by atoms with Crippen molar-refractivity contribution in [2.75, 3.05) is 0 Å². The normalized spacial score (nSPS) is 11.8. The maximum absolute atomic E-state index is 11.8. The van der Waals surface area contributed by atoms with Crippen molar-refractivity contribution in [2.24, 2.45) is 0 Å². The van der Waals surface area contributed by atoms with E-state index in [1.165, 1.54) is 0 Å². The Bertz CT molecular complexity index is 708. The van der Waals surface area contributed by atoms with E-state index in [9.17, 15) is 24.8 Å². The van der Waals surface area contributed by atoms with Gasteiger partial charge in [0.1, 0.15) is 0 Å². The van der Waals surface area contributed by atoms with Gasteiger partial charge in [-0.1, -0.05) is 30.3 Å². The highest BCUT2D eigenvalue weighted by atomic mass is 16.6. The average Bonchev–Trinajstić information content (AvgIpc) is 2.41. The summed E-state index contributed by atoms with van der Waals surface area (Å²) in [7, 11) is 0. The number of carbonyl (C=O) groups is 1. The third-order valence-corrected chi connectivity index (χ3v) is 2.76. The molecular formula is C13H10N2O5. The molecule has 0 aliphatic heterocycles. The van der Waals surface area contributed by atoms with E-state index in [-0.39, 0.29) is 5.69 Å². The molecule has 2 rings (SSSR count). The summed E-state index contributed by atoms with van der Waals surface area (Å²) in [4.78, 5) is 33.2. The van der Waals surface area contributed by atoms with E-state index in [4.69, 9.17) is 0 Å². The van der Waals surface area contributed by atoms with Crippen LogP contribution in [-0.4, -0.2) is 20.6 Å². The van der Waals surface area contributed by atoms with E-state index in [0.29, 0.717) is 5.56 Å². The Morgan fingerprint density at radius 1 is 1.20 bits per heavy atom. The van der Waals surface area contributed by atoms with Gasteiger partial charge in [0, 0.05) is 12.1 Å². The number of hydrogen-bond acceptors (Lipinski definition) is 4. The van der Waals surface area contributed by atoms with E-state index >= 15 is 0 Å². The molecule has 7 heteroatoms. The number of aliphatic carboxylic acids is 1. The van der Waals surface area contributed by atoms with Gasteiger partial charge in [0.2, 0.25) is 0 Å². The average molecular weight is 274 g/mol. The quantitative estimate of drug-likeness (QED) is 0.671. The van der Waals surface area contributed by atoms with Crippen molar-refractivity contribution in [2.45, 2.75) is 6.04 Å². The Morgan fingerprint density at radius 2 is 1.85 bits per heavy atom. The monoisotopic (exact) mass is 274 g/mol. The van der Waals surface area contributed by atoms with Gasteiger partial charge in [-0.3, -0.25) is 19.5 Å². The number of nitro groups is 1. The van der Waals surface area contributed by atoms with Gasteiger partial charge < -0.3 is 5.11 Å². The molecule has 1 unspecified atom stereocenters. The molecule has 0 saturated carbocycles. The van der Waals surface area contributed by atoms with Crippen molar-refractivity contribution in [3.63, 3.8) is 0 Å². The molecule has 102 valence electrons. The Morgan fingerprint density at radius 3 is 2.40 bits per heavy atom. The molecule has 0 aliphatic rings. The highest BCUT2D eigenvalue weighted by molar-refractivity contribution is 5.76. The molecule has 0 bridgehead atoms. The number of nitrogens with zero attached hydrogens (tertiary/aromatic N) is 2. The minimum atomic E-state index is -1.30. The first-order valence-electron chi connectivity index (χ1n) is 5.65.